The van der Waals surface area contributed by atoms with Crippen LogP contribution in [-0.2, 0) is 4.79 Å². The average Bonchev–Trinajstić information content (AvgIpc) is 3.18. The Labute approximate surface area is 174 Å². The Morgan fingerprint density at radius 3 is 2.55 bits per heavy atom. The van der Waals surface area contributed by atoms with Crippen molar-refractivity contribution in [2.45, 2.75) is 31.8 Å². The summed E-state index contributed by atoms with van der Waals surface area (Å²) < 4.78 is 7.50. The SMILES string of the molecule is CCCCNC(=O)CSc1nnc(-c2ccncc2)n1-c1ccc(OCC)cc1. The molecule has 2 heterocycles. The standard InChI is InChI=1S/C21H25N5O2S/c1-3-5-12-23-19(27)15-29-21-25-24-20(16-10-13-22-14-11-16)26(21)17-6-8-18(9-7-17)28-4-2/h6-11,13-14H,3-5,12,15H2,1-2H3,(H,23,27). The molecule has 0 spiro atoms. The number of pyridine rings is 1. The normalized spacial score (nSPS) is 10.7. The summed E-state index contributed by atoms with van der Waals surface area (Å²) in [6.45, 7) is 5.36. The summed E-state index contributed by atoms with van der Waals surface area (Å²) in [5.41, 5.74) is 1.81. The number of hydrogen-bond donors (Lipinski definition) is 1. The Bertz CT molecular complexity index is 913. The number of nitrogens with zero attached hydrogens (tertiary/aromatic N) is 4. The fourth-order valence-electron chi connectivity index (χ4n) is 2.73. The molecular formula is C21H25N5O2S. The lowest BCUT2D eigenvalue weighted by atomic mass is 10.2. The number of rotatable bonds is 10. The number of carbonyl (C=O) groups is 1. The highest BCUT2D eigenvalue weighted by molar-refractivity contribution is 7.99. The second-order valence-electron chi connectivity index (χ2n) is 6.30. The molecule has 1 N–H and O–H groups in total. The van der Waals surface area contributed by atoms with E-state index in [1.807, 2.05) is 47.9 Å². The van der Waals surface area contributed by atoms with Gasteiger partial charge in [-0.1, -0.05) is 25.1 Å². The molecule has 0 aliphatic heterocycles. The van der Waals surface area contributed by atoms with E-state index in [1.54, 1.807) is 12.4 Å². The van der Waals surface area contributed by atoms with Crippen molar-refractivity contribution >= 4 is 17.7 Å². The molecule has 3 rings (SSSR count). The number of unbranched alkanes of at least 4 members (excludes halogenated alkanes) is 1. The van der Waals surface area contributed by atoms with Crippen LogP contribution in [0, 0.1) is 0 Å². The Hall–Kier alpha value is -2.87. The number of aromatic nitrogens is 4. The van der Waals surface area contributed by atoms with Crippen molar-refractivity contribution in [3.05, 3.63) is 48.8 Å². The lowest BCUT2D eigenvalue weighted by Gasteiger charge is -2.11. The van der Waals surface area contributed by atoms with Gasteiger partial charge in [-0.3, -0.25) is 14.3 Å². The number of ether oxygens (including phenoxy) is 1. The van der Waals surface area contributed by atoms with Gasteiger partial charge in [-0.2, -0.15) is 0 Å². The van der Waals surface area contributed by atoms with E-state index >= 15 is 0 Å². The molecule has 0 radical (unpaired) electrons. The lowest BCUT2D eigenvalue weighted by molar-refractivity contribution is -0.118. The summed E-state index contributed by atoms with van der Waals surface area (Å²) >= 11 is 1.37. The monoisotopic (exact) mass is 411 g/mol. The van der Waals surface area contributed by atoms with Gasteiger partial charge >= 0.3 is 0 Å². The van der Waals surface area contributed by atoms with Gasteiger partial charge in [0.2, 0.25) is 5.91 Å². The van der Waals surface area contributed by atoms with Crippen molar-refractivity contribution < 1.29 is 9.53 Å². The fourth-order valence-corrected chi connectivity index (χ4v) is 3.51. The molecule has 1 amide bonds. The highest BCUT2D eigenvalue weighted by atomic mass is 32.2. The molecule has 8 heteroatoms. The second-order valence-corrected chi connectivity index (χ2v) is 7.24. The van der Waals surface area contributed by atoms with E-state index in [0.717, 1.165) is 29.8 Å². The molecule has 7 nitrogen and oxygen atoms in total. The first-order chi connectivity index (χ1) is 14.2. The number of benzene rings is 1. The minimum atomic E-state index is -0.00449. The Kier molecular flexibility index (Phi) is 7.63. The molecule has 152 valence electrons. The molecule has 0 bridgehead atoms. The van der Waals surface area contributed by atoms with E-state index in [0.29, 0.717) is 24.1 Å². The molecule has 0 aliphatic rings. The van der Waals surface area contributed by atoms with Gasteiger partial charge in [0.15, 0.2) is 11.0 Å². The third kappa shape index (κ3) is 5.57. The van der Waals surface area contributed by atoms with Gasteiger partial charge in [0.25, 0.3) is 0 Å². The van der Waals surface area contributed by atoms with Crippen molar-refractivity contribution in [1.82, 2.24) is 25.1 Å². The van der Waals surface area contributed by atoms with Gasteiger partial charge in [-0.15, -0.1) is 10.2 Å². The van der Waals surface area contributed by atoms with E-state index in [1.165, 1.54) is 11.8 Å². The number of hydrogen-bond acceptors (Lipinski definition) is 6. The lowest BCUT2D eigenvalue weighted by Crippen LogP contribution is -2.26. The molecule has 0 aliphatic carbocycles. The van der Waals surface area contributed by atoms with E-state index in [2.05, 4.69) is 27.4 Å². The average molecular weight is 412 g/mol. The van der Waals surface area contributed by atoms with Gasteiger partial charge in [0.05, 0.1) is 12.4 Å². The van der Waals surface area contributed by atoms with Crippen LogP contribution in [0.25, 0.3) is 17.1 Å². The maximum Gasteiger partial charge on any atom is 0.230 e. The molecular weight excluding hydrogens is 386 g/mol. The summed E-state index contributed by atoms with van der Waals surface area (Å²) in [4.78, 5) is 16.2. The summed E-state index contributed by atoms with van der Waals surface area (Å²) in [5.74, 6) is 1.79. The van der Waals surface area contributed by atoms with Crippen molar-refractivity contribution in [1.29, 1.82) is 0 Å². The third-order valence-corrected chi connectivity index (χ3v) is 5.09. The molecule has 0 fully saturated rings. The first-order valence-electron chi connectivity index (χ1n) is 9.71. The van der Waals surface area contributed by atoms with E-state index in [-0.39, 0.29) is 11.7 Å². The van der Waals surface area contributed by atoms with Gasteiger partial charge in [-0.05, 0) is 49.7 Å². The zero-order valence-corrected chi connectivity index (χ0v) is 17.5. The zero-order chi connectivity index (χ0) is 20.5. The maximum absolute atomic E-state index is 12.1. The summed E-state index contributed by atoms with van der Waals surface area (Å²) in [7, 11) is 0. The van der Waals surface area contributed by atoms with Gasteiger partial charge < -0.3 is 10.1 Å². The van der Waals surface area contributed by atoms with Crippen LogP contribution in [0.1, 0.15) is 26.7 Å². The molecule has 29 heavy (non-hydrogen) atoms. The highest BCUT2D eigenvalue weighted by Gasteiger charge is 2.17. The predicted molar refractivity (Wildman–Crippen MR) is 114 cm³/mol. The first kappa shape index (κ1) is 20.9. The topological polar surface area (TPSA) is 81.9 Å². The van der Waals surface area contributed by atoms with Crippen molar-refractivity contribution in [3.8, 4) is 22.8 Å². The Morgan fingerprint density at radius 1 is 1.10 bits per heavy atom. The first-order valence-corrected chi connectivity index (χ1v) is 10.7. The zero-order valence-electron chi connectivity index (χ0n) is 16.7. The van der Waals surface area contributed by atoms with Crippen molar-refractivity contribution in [3.63, 3.8) is 0 Å². The Morgan fingerprint density at radius 2 is 1.86 bits per heavy atom. The second kappa shape index (κ2) is 10.6. The smallest absolute Gasteiger partial charge is 0.230 e. The highest BCUT2D eigenvalue weighted by Crippen LogP contribution is 2.28. The van der Waals surface area contributed by atoms with Crippen LogP contribution < -0.4 is 10.1 Å². The van der Waals surface area contributed by atoms with Crippen LogP contribution in [0.2, 0.25) is 0 Å². The maximum atomic E-state index is 12.1. The fraction of sp³-hybridized carbons (Fsp3) is 0.333. The van der Waals surface area contributed by atoms with Gasteiger partial charge in [-0.25, -0.2) is 0 Å². The van der Waals surface area contributed by atoms with Crippen molar-refractivity contribution in [2.75, 3.05) is 18.9 Å². The van der Waals surface area contributed by atoms with Crippen LogP contribution in [0.3, 0.4) is 0 Å². The third-order valence-electron chi connectivity index (χ3n) is 4.16. The van der Waals surface area contributed by atoms with Crippen LogP contribution in [0.15, 0.2) is 53.9 Å². The van der Waals surface area contributed by atoms with E-state index < -0.39 is 0 Å². The van der Waals surface area contributed by atoms with Crippen LogP contribution in [0.4, 0.5) is 0 Å². The number of amides is 1. The van der Waals surface area contributed by atoms with E-state index in [9.17, 15) is 4.79 Å². The number of nitrogens with one attached hydrogen (secondary N) is 1. The minimum Gasteiger partial charge on any atom is -0.494 e. The molecule has 2 aromatic heterocycles. The largest absolute Gasteiger partial charge is 0.494 e. The molecule has 0 unspecified atom stereocenters. The molecule has 0 saturated heterocycles. The number of thioether (sulfide) groups is 1. The van der Waals surface area contributed by atoms with Crippen LogP contribution >= 0.6 is 11.8 Å². The summed E-state index contributed by atoms with van der Waals surface area (Å²) in [6.07, 6.45) is 5.47. The van der Waals surface area contributed by atoms with Crippen LogP contribution in [-0.4, -0.2) is 44.6 Å². The minimum absolute atomic E-state index is 0.00449. The summed E-state index contributed by atoms with van der Waals surface area (Å²) in [6, 6.07) is 11.5. The van der Waals surface area contributed by atoms with Gasteiger partial charge in [0.1, 0.15) is 5.75 Å². The van der Waals surface area contributed by atoms with Gasteiger partial charge in [0, 0.05) is 30.2 Å². The molecule has 0 saturated carbocycles. The molecule has 0 atom stereocenters. The Balaban J connectivity index is 1.86. The van der Waals surface area contributed by atoms with Crippen molar-refractivity contribution in [2.24, 2.45) is 0 Å². The molecule has 3 aromatic rings. The van der Waals surface area contributed by atoms with Crippen LogP contribution in [0.5, 0.6) is 5.75 Å². The summed E-state index contributed by atoms with van der Waals surface area (Å²) in [5, 5.41) is 12.3. The predicted octanol–water partition coefficient (Wildman–Crippen LogP) is 3.74. The number of carbonyl (C=O) groups excluding carboxylic acids is 1. The quantitative estimate of drug-likeness (QED) is 0.404. The molecule has 1 aromatic carbocycles. The van der Waals surface area contributed by atoms with E-state index in [4.69, 9.17) is 4.74 Å².